The predicted molar refractivity (Wildman–Crippen MR) is 41.6 cm³/mol. The van der Waals surface area contributed by atoms with Crippen LogP contribution in [0.2, 0.25) is 0 Å². The maximum Gasteiger partial charge on any atom is 0.201 e. The van der Waals surface area contributed by atoms with Crippen LogP contribution in [-0.2, 0) is 0 Å². The number of aromatic nitrogens is 1. The van der Waals surface area contributed by atoms with Gasteiger partial charge in [-0.2, -0.15) is 0 Å². The van der Waals surface area contributed by atoms with E-state index in [1.54, 1.807) is 6.07 Å². The molecule has 0 aliphatic rings. The second-order valence-corrected chi connectivity index (χ2v) is 2.68. The Balaban J connectivity index is 2.90. The van der Waals surface area contributed by atoms with E-state index in [1.807, 2.05) is 13.8 Å². The Morgan fingerprint density at radius 2 is 2.36 bits per heavy atom. The Hall–Kier alpha value is -1.32. The molecule has 60 valence electrons. The lowest BCUT2D eigenvalue weighted by Gasteiger charge is -1.92. The van der Waals surface area contributed by atoms with E-state index in [1.165, 1.54) is 0 Å². The summed E-state index contributed by atoms with van der Waals surface area (Å²) in [5.74, 6) is 0.574. The smallest absolute Gasteiger partial charge is 0.201 e. The van der Waals surface area contributed by atoms with Crippen LogP contribution in [0.5, 0.6) is 0 Å². The summed E-state index contributed by atoms with van der Waals surface area (Å²) in [6.45, 7) is 4.00. The first-order chi connectivity index (χ1) is 5.11. The largest absolute Gasteiger partial charge is 0.381 e. The topological polar surface area (TPSA) is 75.9 Å². The maximum atomic E-state index is 7.03. The normalized spacial score (nSPS) is 10.5. The lowest BCUT2D eigenvalue weighted by molar-refractivity contribution is 0.402. The first-order valence-electron chi connectivity index (χ1n) is 3.42. The van der Waals surface area contributed by atoms with E-state index >= 15 is 0 Å². The van der Waals surface area contributed by atoms with Crippen LogP contribution in [0.15, 0.2) is 10.6 Å². The van der Waals surface area contributed by atoms with Gasteiger partial charge < -0.3 is 10.3 Å². The van der Waals surface area contributed by atoms with Gasteiger partial charge in [-0.3, -0.25) is 5.41 Å². The molecule has 0 saturated carbocycles. The van der Waals surface area contributed by atoms with Crippen molar-refractivity contribution in [2.45, 2.75) is 19.8 Å². The lowest BCUT2D eigenvalue weighted by atomic mass is 10.1. The van der Waals surface area contributed by atoms with Crippen molar-refractivity contribution in [3.63, 3.8) is 0 Å². The molecule has 0 fully saturated rings. The molecule has 0 unspecified atom stereocenters. The maximum absolute atomic E-state index is 7.03. The van der Waals surface area contributed by atoms with Gasteiger partial charge in [-0.1, -0.05) is 19.0 Å². The number of hydrogen-bond acceptors (Lipinski definition) is 3. The van der Waals surface area contributed by atoms with Crippen molar-refractivity contribution in [1.82, 2.24) is 5.16 Å². The highest BCUT2D eigenvalue weighted by atomic mass is 16.5. The Labute approximate surface area is 64.9 Å². The summed E-state index contributed by atoms with van der Waals surface area (Å²) in [5.41, 5.74) is 6.01. The van der Waals surface area contributed by atoms with E-state index in [0.29, 0.717) is 11.7 Å². The van der Waals surface area contributed by atoms with Crippen LogP contribution < -0.4 is 5.73 Å². The van der Waals surface area contributed by atoms with Crippen LogP contribution in [0.1, 0.15) is 31.2 Å². The number of nitrogens with one attached hydrogen (secondary N) is 1. The van der Waals surface area contributed by atoms with E-state index in [2.05, 4.69) is 5.16 Å². The molecule has 0 bridgehead atoms. The Bertz CT molecular complexity index is 264. The highest BCUT2D eigenvalue weighted by Crippen LogP contribution is 2.13. The van der Waals surface area contributed by atoms with E-state index < -0.39 is 0 Å². The average molecular weight is 153 g/mol. The zero-order chi connectivity index (χ0) is 8.43. The number of nitrogens with zero attached hydrogens (tertiary/aromatic N) is 1. The Morgan fingerprint density at radius 3 is 2.64 bits per heavy atom. The van der Waals surface area contributed by atoms with Crippen molar-refractivity contribution in [2.75, 3.05) is 0 Å². The summed E-state index contributed by atoms with van der Waals surface area (Å²) < 4.78 is 4.79. The summed E-state index contributed by atoms with van der Waals surface area (Å²) >= 11 is 0. The number of nitrogens with two attached hydrogens (primary N) is 1. The summed E-state index contributed by atoms with van der Waals surface area (Å²) in [6.07, 6.45) is 0. The predicted octanol–water partition coefficient (Wildman–Crippen LogP) is 1.08. The van der Waals surface area contributed by atoms with Gasteiger partial charge in [0.25, 0.3) is 0 Å². The molecule has 0 atom stereocenters. The zero-order valence-electron chi connectivity index (χ0n) is 6.59. The standard InChI is InChI=1S/C7H11N3O/c1-4(2)5-3-6(7(8)9)11-10-5/h3-4H,1-2H3,(H3,8,9). The first kappa shape index (κ1) is 7.78. The summed E-state index contributed by atoms with van der Waals surface area (Å²) in [6, 6.07) is 1.69. The average Bonchev–Trinajstić information content (AvgIpc) is 2.33. The molecule has 0 spiro atoms. The number of rotatable bonds is 2. The number of hydrogen-bond donors (Lipinski definition) is 2. The van der Waals surface area contributed by atoms with Gasteiger partial charge in [0, 0.05) is 6.07 Å². The van der Waals surface area contributed by atoms with Gasteiger partial charge in [0.1, 0.15) is 0 Å². The monoisotopic (exact) mass is 153 g/mol. The molecule has 4 heteroatoms. The Kier molecular flexibility index (Phi) is 1.94. The molecule has 1 heterocycles. The van der Waals surface area contributed by atoms with Gasteiger partial charge in [-0.15, -0.1) is 0 Å². The highest BCUT2D eigenvalue weighted by Gasteiger charge is 2.08. The van der Waals surface area contributed by atoms with E-state index in [9.17, 15) is 0 Å². The molecule has 11 heavy (non-hydrogen) atoms. The molecule has 0 saturated heterocycles. The summed E-state index contributed by atoms with van der Waals surface area (Å²) in [7, 11) is 0. The minimum Gasteiger partial charge on any atom is -0.381 e. The van der Waals surface area contributed by atoms with Crippen LogP contribution in [0.3, 0.4) is 0 Å². The summed E-state index contributed by atoms with van der Waals surface area (Å²) in [5, 5.41) is 10.8. The summed E-state index contributed by atoms with van der Waals surface area (Å²) in [4.78, 5) is 0. The minimum atomic E-state index is -0.0793. The molecular formula is C7H11N3O. The van der Waals surface area contributed by atoms with Gasteiger partial charge in [0.15, 0.2) is 5.84 Å². The van der Waals surface area contributed by atoms with Crippen LogP contribution in [0, 0.1) is 5.41 Å². The number of nitrogen functional groups attached to an aromatic ring is 1. The molecule has 3 N–H and O–H groups in total. The molecule has 1 aromatic rings. The highest BCUT2D eigenvalue weighted by molar-refractivity contribution is 5.92. The van der Waals surface area contributed by atoms with Crippen molar-refractivity contribution in [1.29, 1.82) is 5.41 Å². The number of amidine groups is 1. The van der Waals surface area contributed by atoms with Crippen LogP contribution >= 0.6 is 0 Å². The van der Waals surface area contributed by atoms with Gasteiger partial charge >= 0.3 is 0 Å². The third-order valence-electron chi connectivity index (χ3n) is 1.39. The quantitative estimate of drug-likeness (QED) is 0.493. The second-order valence-electron chi connectivity index (χ2n) is 2.68. The zero-order valence-corrected chi connectivity index (χ0v) is 6.59. The van der Waals surface area contributed by atoms with Gasteiger partial charge in [0.2, 0.25) is 5.76 Å². The van der Waals surface area contributed by atoms with E-state index in [4.69, 9.17) is 15.7 Å². The fourth-order valence-corrected chi connectivity index (χ4v) is 0.688. The van der Waals surface area contributed by atoms with Gasteiger partial charge in [-0.25, -0.2) is 0 Å². The third kappa shape index (κ3) is 1.58. The van der Waals surface area contributed by atoms with Crippen molar-refractivity contribution in [2.24, 2.45) is 5.73 Å². The molecule has 0 aliphatic carbocycles. The van der Waals surface area contributed by atoms with Gasteiger partial charge in [0.05, 0.1) is 5.69 Å². The molecule has 0 amide bonds. The van der Waals surface area contributed by atoms with Crippen LogP contribution in [0.4, 0.5) is 0 Å². The van der Waals surface area contributed by atoms with Crippen molar-refractivity contribution < 1.29 is 4.52 Å². The van der Waals surface area contributed by atoms with Gasteiger partial charge in [-0.05, 0) is 5.92 Å². The van der Waals surface area contributed by atoms with Crippen molar-refractivity contribution >= 4 is 5.84 Å². The third-order valence-corrected chi connectivity index (χ3v) is 1.39. The van der Waals surface area contributed by atoms with E-state index in [-0.39, 0.29) is 5.84 Å². The molecule has 0 radical (unpaired) electrons. The first-order valence-corrected chi connectivity index (χ1v) is 3.42. The fourth-order valence-electron chi connectivity index (χ4n) is 0.688. The lowest BCUT2D eigenvalue weighted by Crippen LogP contribution is -2.09. The Morgan fingerprint density at radius 1 is 1.73 bits per heavy atom. The molecule has 1 rings (SSSR count). The molecule has 1 aromatic heterocycles. The molecule has 0 aromatic carbocycles. The van der Waals surface area contributed by atoms with Crippen LogP contribution in [0.25, 0.3) is 0 Å². The van der Waals surface area contributed by atoms with Crippen molar-refractivity contribution in [3.8, 4) is 0 Å². The second kappa shape index (κ2) is 2.74. The molecule has 0 aliphatic heterocycles. The minimum absolute atomic E-state index is 0.0793. The molecule has 4 nitrogen and oxygen atoms in total. The van der Waals surface area contributed by atoms with Crippen LogP contribution in [-0.4, -0.2) is 11.0 Å². The van der Waals surface area contributed by atoms with E-state index in [0.717, 1.165) is 5.69 Å². The molecular weight excluding hydrogens is 142 g/mol. The van der Waals surface area contributed by atoms with Crippen molar-refractivity contribution in [3.05, 3.63) is 17.5 Å². The SMILES string of the molecule is CC(C)c1cc(C(=N)N)on1. The fraction of sp³-hybridized carbons (Fsp3) is 0.429.